The van der Waals surface area contributed by atoms with Gasteiger partial charge in [0.25, 0.3) is 0 Å². The van der Waals surface area contributed by atoms with Gasteiger partial charge in [-0.1, -0.05) is 0 Å². The highest BCUT2D eigenvalue weighted by Gasteiger charge is 2.31. The second kappa shape index (κ2) is 7.03. The Morgan fingerprint density at radius 1 is 1.29 bits per heavy atom. The van der Waals surface area contributed by atoms with Crippen molar-refractivity contribution < 1.29 is 9.53 Å². The zero-order valence-electron chi connectivity index (χ0n) is 13.6. The van der Waals surface area contributed by atoms with Gasteiger partial charge in [0, 0.05) is 43.4 Å². The number of hydrogen-bond donors (Lipinski definition) is 0. The molecular formula is C17H22N4O2S. The van der Waals surface area contributed by atoms with Gasteiger partial charge in [-0.15, -0.1) is 11.3 Å². The summed E-state index contributed by atoms with van der Waals surface area (Å²) < 4.78 is 7.55. The highest BCUT2D eigenvalue weighted by molar-refractivity contribution is 7.07. The van der Waals surface area contributed by atoms with E-state index in [-0.39, 0.29) is 11.8 Å². The van der Waals surface area contributed by atoms with Gasteiger partial charge < -0.3 is 14.2 Å². The van der Waals surface area contributed by atoms with Crippen LogP contribution >= 0.6 is 11.3 Å². The summed E-state index contributed by atoms with van der Waals surface area (Å²) in [5, 5.41) is 2.08. The summed E-state index contributed by atoms with van der Waals surface area (Å²) in [5.74, 6) is 1.90. The molecule has 2 saturated heterocycles. The molecule has 2 aromatic rings. The number of nitrogens with zero attached hydrogens (tertiary/aromatic N) is 4. The molecule has 128 valence electrons. The third-order valence-electron chi connectivity index (χ3n) is 5.01. The fourth-order valence-electron chi connectivity index (χ4n) is 3.65. The molecule has 1 amide bonds. The molecule has 4 rings (SSSR count). The SMILES string of the molecule is O=C(C1CCOC1)N1CCC(c2nccn2Cc2cscn2)CC1. The molecular weight excluding hydrogens is 324 g/mol. The van der Waals surface area contributed by atoms with Gasteiger partial charge in [0.15, 0.2) is 0 Å². The Labute approximate surface area is 145 Å². The van der Waals surface area contributed by atoms with Gasteiger partial charge in [0.1, 0.15) is 5.82 Å². The molecule has 0 spiro atoms. The number of amides is 1. The summed E-state index contributed by atoms with van der Waals surface area (Å²) in [4.78, 5) is 23.5. The monoisotopic (exact) mass is 346 g/mol. The highest BCUT2D eigenvalue weighted by Crippen LogP contribution is 2.29. The Bertz CT molecular complexity index is 671. The van der Waals surface area contributed by atoms with Crippen LogP contribution in [0.2, 0.25) is 0 Å². The van der Waals surface area contributed by atoms with Crippen molar-refractivity contribution in [2.45, 2.75) is 31.7 Å². The number of piperidine rings is 1. The molecule has 0 aromatic carbocycles. The van der Waals surface area contributed by atoms with Crippen molar-refractivity contribution in [1.29, 1.82) is 0 Å². The zero-order valence-corrected chi connectivity index (χ0v) is 14.5. The predicted molar refractivity (Wildman–Crippen MR) is 90.9 cm³/mol. The number of aromatic nitrogens is 3. The Kier molecular flexibility index (Phi) is 4.62. The Morgan fingerprint density at radius 3 is 2.88 bits per heavy atom. The summed E-state index contributed by atoms with van der Waals surface area (Å²) in [5.41, 5.74) is 2.94. The predicted octanol–water partition coefficient (Wildman–Crippen LogP) is 2.13. The van der Waals surface area contributed by atoms with Gasteiger partial charge in [-0.3, -0.25) is 4.79 Å². The van der Waals surface area contributed by atoms with Gasteiger partial charge >= 0.3 is 0 Å². The van der Waals surface area contributed by atoms with Crippen LogP contribution in [0.25, 0.3) is 0 Å². The summed E-state index contributed by atoms with van der Waals surface area (Å²) in [7, 11) is 0. The first-order valence-electron chi connectivity index (χ1n) is 8.56. The summed E-state index contributed by atoms with van der Waals surface area (Å²) in [6.45, 7) is 3.74. The van der Waals surface area contributed by atoms with Crippen molar-refractivity contribution in [3.63, 3.8) is 0 Å². The maximum atomic E-state index is 12.5. The topological polar surface area (TPSA) is 60.2 Å². The number of rotatable bonds is 4. The first-order valence-corrected chi connectivity index (χ1v) is 9.50. The van der Waals surface area contributed by atoms with Gasteiger partial charge in [0.2, 0.25) is 5.91 Å². The Balaban J connectivity index is 1.37. The van der Waals surface area contributed by atoms with Crippen LogP contribution < -0.4 is 0 Å². The van der Waals surface area contributed by atoms with E-state index in [2.05, 4.69) is 19.9 Å². The molecule has 1 unspecified atom stereocenters. The van der Waals surface area contributed by atoms with Crippen molar-refractivity contribution in [1.82, 2.24) is 19.4 Å². The molecule has 2 aliphatic heterocycles. The van der Waals surface area contributed by atoms with Gasteiger partial charge in [-0.25, -0.2) is 9.97 Å². The van der Waals surface area contributed by atoms with E-state index < -0.39 is 0 Å². The lowest BCUT2D eigenvalue weighted by Gasteiger charge is -2.33. The molecule has 2 aliphatic rings. The molecule has 6 nitrogen and oxygen atoms in total. The van der Waals surface area contributed by atoms with Crippen LogP contribution in [-0.2, 0) is 16.1 Å². The van der Waals surface area contributed by atoms with E-state index in [1.54, 1.807) is 11.3 Å². The maximum Gasteiger partial charge on any atom is 0.228 e. The molecule has 1 atom stereocenters. The lowest BCUT2D eigenvalue weighted by Crippen LogP contribution is -2.41. The summed E-state index contributed by atoms with van der Waals surface area (Å²) >= 11 is 1.62. The van der Waals surface area contributed by atoms with Crippen molar-refractivity contribution in [3.8, 4) is 0 Å². The lowest BCUT2D eigenvalue weighted by atomic mass is 9.94. The third kappa shape index (κ3) is 3.23. The molecule has 7 heteroatoms. The number of carbonyl (C=O) groups excluding carboxylic acids is 1. The number of hydrogen-bond acceptors (Lipinski definition) is 5. The molecule has 0 aliphatic carbocycles. The van der Waals surface area contributed by atoms with Crippen LogP contribution in [0.4, 0.5) is 0 Å². The minimum Gasteiger partial charge on any atom is -0.381 e. The first kappa shape index (κ1) is 15.8. The summed E-state index contributed by atoms with van der Waals surface area (Å²) in [6.07, 6.45) is 6.73. The Morgan fingerprint density at radius 2 is 2.17 bits per heavy atom. The molecule has 2 aromatic heterocycles. The fraction of sp³-hybridized carbons (Fsp3) is 0.588. The lowest BCUT2D eigenvalue weighted by molar-refractivity contribution is -0.136. The minimum atomic E-state index is 0.0770. The molecule has 4 heterocycles. The van der Waals surface area contributed by atoms with Crippen LogP contribution in [-0.4, -0.2) is 51.6 Å². The number of carbonyl (C=O) groups is 1. The second-order valence-electron chi connectivity index (χ2n) is 6.55. The quantitative estimate of drug-likeness (QED) is 0.851. The molecule has 0 N–H and O–H groups in total. The van der Waals surface area contributed by atoms with Crippen molar-refractivity contribution >= 4 is 17.2 Å². The van der Waals surface area contributed by atoms with Crippen LogP contribution in [0.5, 0.6) is 0 Å². The first-order chi connectivity index (χ1) is 11.8. The van der Waals surface area contributed by atoms with Gasteiger partial charge in [-0.2, -0.15) is 0 Å². The van der Waals surface area contributed by atoms with E-state index in [9.17, 15) is 4.79 Å². The van der Waals surface area contributed by atoms with E-state index in [4.69, 9.17) is 4.74 Å². The van der Waals surface area contributed by atoms with Crippen LogP contribution in [0, 0.1) is 5.92 Å². The maximum absolute atomic E-state index is 12.5. The fourth-order valence-corrected chi connectivity index (χ4v) is 4.20. The Hall–Kier alpha value is -1.73. The van der Waals surface area contributed by atoms with E-state index in [1.165, 1.54) is 0 Å². The van der Waals surface area contributed by atoms with Gasteiger partial charge in [0.05, 0.1) is 30.3 Å². The normalized spacial score (nSPS) is 22.2. The van der Waals surface area contributed by atoms with Crippen LogP contribution in [0.1, 0.15) is 36.7 Å². The van der Waals surface area contributed by atoms with E-state index in [0.717, 1.165) is 57.0 Å². The van der Waals surface area contributed by atoms with Gasteiger partial charge in [-0.05, 0) is 19.3 Å². The number of ether oxygens (including phenoxy) is 1. The van der Waals surface area contributed by atoms with Crippen molar-refractivity contribution in [3.05, 3.63) is 34.8 Å². The molecule has 0 saturated carbocycles. The number of thiazole rings is 1. The van der Waals surface area contributed by atoms with E-state index in [1.807, 2.05) is 22.8 Å². The molecule has 2 fully saturated rings. The van der Waals surface area contributed by atoms with Crippen molar-refractivity contribution in [2.75, 3.05) is 26.3 Å². The van der Waals surface area contributed by atoms with Crippen LogP contribution in [0.15, 0.2) is 23.3 Å². The zero-order chi connectivity index (χ0) is 16.4. The second-order valence-corrected chi connectivity index (χ2v) is 7.27. The molecule has 24 heavy (non-hydrogen) atoms. The minimum absolute atomic E-state index is 0.0770. The number of imidazole rings is 1. The van der Waals surface area contributed by atoms with Crippen LogP contribution in [0.3, 0.4) is 0 Å². The third-order valence-corrected chi connectivity index (χ3v) is 5.65. The smallest absolute Gasteiger partial charge is 0.228 e. The molecule has 0 radical (unpaired) electrons. The molecule has 0 bridgehead atoms. The van der Waals surface area contributed by atoms with E-state index >= 15 is 0 Å². The summed E-state index contributed by atoms with van der Waals surface area (Å²) in [6, 6.07) is 0. The van der Waals surface area contributed by atoms with Crippen molar-refractivity contribution in [2.24, 2.45) is 5.92 Å². The van der Waals surface area contributed by atoms with E-state index in [0.29, 0.717) is 12.5 Å². The average molecular weight is 346 g/mol. The highest BCUT2D eigenvalue weighted by atomic mass is 32.1. The standard InChI is InChI=1S/C17H22N4O2S/c22-17(14-3-8-23-10-14)20-5-1-13(2-6-20)16-18-4-7-21(16)9-15-11-24-12-19-15/h4,7,11-14H,1-3,5-6,8-10H2. The number of likely N-dealkylation sites (tertiary alicyclic amines) is 1. The average Bonchev–Trinajstić information content (AvgIpc) is 3.37. The largest absolute Gasteiger partial charge is 0.381 e.